The molecule has 2 rings (SSSR count). The fraction of sp³-hybridized carbons (Fsp3) is 0.545. The summed E-state index contributed by atoms with van der Waals surface area (Å²) in [5, 5.41) is 9.47. The maximum Gasteiger partial charge on any atom is 0.270 e. The molecule has 1 aliphatic heterocycles. The van der Waals surface area contributed by atoms with E-state index in [9.17, 15) is 9.90 Å². The molecule has 0 bridgehead atoms. The van der Waals surface area contributed by atoms with E-state index in [0.29, 0.717) is 12.2 Å². The van der Waals surface area contributed by atoms with Gasteiger partial charge in [0, 0.05) is 29.7 Å². The Morgan fingerprint density at radius 1 is 1.75 bits per heavy atom. The normalized spacial score (nSPS) is 22.4. The van der Waals surface area contributed by atoms with Gasteiger partial charge in [0.05, 0.1) is 6.10 Å². The highest BCUT2D eigenvalue weighted by atomic mass is 79.9. The van der Waals surface area contributed by atoms with Crippen LogP contribution in [0.4, 0.5) is 0 Å². The highest BCUT2D eigenvalue weighted by Gasteiger charge is 2.29. The molecule has 1 fully saturated rings. The van der Waals surface area contributed by atoms with Gasteiger partial charge in [-0.25, -0.2) is 0 Å². The van der Waals surface area contributed by atoms with Crippen molar-refractivity contribution in [3.05, 3.63) is 22.4 Å². The summed E-state index contributed by atoms with van der Waals surface area (Å²) in [6, 6.07) is 1.78. The van der Waals surface area contributed by atoms with Crippen molar-refractivity contribution in [2.75, 3.05) is 13.1 Å². The summed E-state index contributed by atoms with van der Waals surface area (Å²) in [4.78, 5) is 16.7. The molecule has 1 aliphatic rings. The third-order valence-electron chi connectivity index (χ3n) is 3.07. The Labute approximate surface area is 103 Å². The average Bonchev–Trinajstić information content (AvgIpc) is 2.84. The molecule has 0 saturated carbocycles. The average molecular weight is 287 g/mol. The fourth-order valence-electron chi connectivity index (χ4n) is 2.03. The van der Waals surface area contributed by atoms with E-state index in [-0.39, 0.29) is 17.9 Å². The van der Waals surface area contributed by atoms with Crippen LogP contribution in [0.3, 0.4) is 0 Å². The molecule has 1 aromatic rings. The van der Waals surface area contributed by atoms with Gasteiger partial charge in [0.2, 0.25) is 0 Å². The maximum atomic E-state index is 12.0. The second kappa shape index (κ2) is 4.59. The lowest BCUT2D eigenvalue weighted by atomic mass is 10.0. The first-order valence-corrected chi connectivity index (χ1v) is 6.18. The van der Waals surface area contributed by atoms with Crippen LogP contribution in [0, 0.1) is 5.92 Å². The molecule has 2 atom stereocenters. The van der Waals surface area contributed by atoms with Crippen LogP contribution >= 0.6 is 15.9 Å². The van der Waals surface area contributed by atoms with Crippen molar-refractivity contribution in [1.82, 2.24) is 9.88 Å². The molecule has 0 aliphatic carbocycles. The van der Waals surface area contributed by atoms with Crippen LogP contribution in [0.25, 0.3) is 0 Å². The Bertz CT molecular complexity index is 389. The molecular weight excluding hydrogens is 272 g/mol. The first-order valence-electron chi connectivity index (χ1n) is 5.39. The van der Waals surface area contributed by atoms with Crippen molar-refractivity contribution < 1.29 is 9.90 Å². The summed E-state index contributed by atoms with van der Waals surface area (Å²) >= 11 is 3.30. The SMILES string of the molecule is CC(O)C1CCN(C(=O)c2cc(Br)c[nH]2)C1. The van der Waals surface area contributed by atoms with Gasteiger partial charge in [0.1, 0.15) is 5.69 Å². The van der Waals surface area contributed by atoms with Gasteiger partial charge in [-0.05, 0) is 35.3 Å². The summed E-state index contributed by atoms with van der Waals surface area (Å²) in [7, 11) is 0. The number of nitrogens with one attached hydrogen (secondary N) is 1. The lowest BCUT2D eigenvalue weighted by molar-refractivity contribution is 0.0757. The standard InChI is InChI=1S/C11H15BrN2O2/c1-7(15)8-2-3-14(6-8)11(16)10-4-9(12)5-13-10/h4-5,7-8,13,15H,2-3,6H2,1H3. The maximum absolute atomic E-state index is 12.0. The summed E-state index contributed by atoms with van der Waals surface area (Å²) in [6.45, 7) is 3.15. The van der Waals surface area contributed by atoms with Gasteiger partial charge in [0.25, 0.3) is 5.91 Å². The van der Waals surface area contributed by atoms with Crippen molar-refractivity contribution in [3.8, 4) is 0 Å². The zero-order valence-corrected chi connectivity index (χ0v) is 10.7. The number of hydrogen-bond donors (Lipinski definition) is 2. The zero-order chi connectivity index (χ0) is 11.7. The molecular formula is C11H15BrN2O2. The molecule has 2 unspecified atom stereocenters. The Morgan fingerprint density at radius 3 is 3.00 bits per heavy atom. The van der Waals surface area contributed by atoms with Crippen molar-refractivity contribution >= 4 is 21.8 Å². The number of likely N-dealkylation sites (tertiary alicyclic amines) is 1. The monoisotopic (exact) mass is 286 g/mol. The minimum Gasteiger partial charge on any atom is -0.393 e. The van der Waals surface area contributed by atoms with Crippen molar-refractivity contribution in [2.45, 2.75) is 19.4 Å². The second-order valence-corrected chi connectivity index (χ2v) is 5.19. The van der Waals surface area contributed by atoms with E-state index in [2.05, 4.69) is 20.9 Å². The minimum absolute atomic E-state index is 0.00819. The molecule has 0 radical (unpaired) electrons. The van der Waals surface area contributed by atoms with Crippen molar-refractivity contribution in [3.63, 3.8) is 0 Å². The summed E-state index contributed by atoms with van der Waals surface area (Å²) < 4.78 is 0.877. The Kier molecular flexibility index (Phi) is 3.35. The third kappa shape index (κ3) is 2.30. The highest BCUT2D eigenvalue weighted by molar-refractivity contribution is 9.10. The van der Waals surface area contributed by atoms with Gasteiger partial charge in [-0.2, -0.15) is 0 Å². The molecule has 2 heterocycles. The van der Waals surface area contributed by atoms with Crippen LogP contribution in [0.5, 0.6) is 0 Å². The fourth-order valence-corrected chi connectivity index (χ4v) is 2.37. The number of halogens is 1. The summed E-state index contributed by atoms with van der Waals surface area (Å²) in [5.41, 5.74) is 0.595. The van der Waals surface area contributed by atoms with Crippen LogP contribution in [-0.4, -0.2) is 40.1 Å². The Balaban J connectivity index is 2.02. The molecule has 1 aromatic heterocycles. The van der Waals surface area contributed by atoms with Gasteiger partial charge in [-0.15, -0.1) is 0 Å². The number of aromatic amines is 1. The number of hydrogen-bond acceptors (Lipinski definition) is 2. The van der Waals surface area contributed by atoms with Crippen molar-refractivity contribution in [2.24, 2.45) is 5.92 Å². The highest BCUT2D eigenvalue weighted by Crippen LogP contribution is 2.22. The number of rotatable bonds is 2. The molecule has 0 aromatic carbocycles. The van der Waals surface area contributed by atoms with E-state index < -0.39 is 0 Å². The predicted octanol–water partition coefficient (Wildman–Crippen LogP) is 1.62. The van der Waals surface area contributed by atoms with E-state index >= 15 is 0 Å². The second-order valence-electron chi connectivity index (χ2n) is 4.27. The first-order chi connectivity index (χ1) is 7.58. The molecule has 88 valence electrons. The molecule has 0 spiro atoms. The van der Waals surface area contributed by atoms with E-state index in [1.807, 2.05) is 0 Å². The van der Waals surface area contributed by atoms with E-state index in [1.165, 1.54) is 0 Å². The van der Waals surface area contributed by atoms with E-state index in [0.717, 1.165) is 17.4 Å². The minimum atomic E-state index is -0.340. The van der Waals surface area contributed by atoms with Crippen LogP contribution < -0.4 is 0 Å². The Morgan fingerprint density at radius 2 is 2.50 bits per heavy atom. The lowest BCUT2D eigenvalue weighted by Gasteiger charge is -2.16. The number of aliphatic hydroxyl groups excluding tert-OH is 1. The molecule has 4 nitrogen and oxygen atoms in total. The number of aliphatic hydroxyl groups is 1. The van der Waals surface area contributed by atoms with Crippen LogP contribution in [0.2, 0.25) is 0 Å². The Hall–Kier alpha value is -0.810. The van der Waals surface area contributed by atoms with E-state index in [4.69, 9.17) is 0 Å². The first kappa shape index (κ1) is 11.7. The van der Waals surface area contributed by atoms with Crippen LogP contribution in [-0.2, 0) is 0 Å². The molecule has 5 heteroatoms. The number of carbonyl (C=O) groups is 1. The van der Waals surface area contributed by atoms with Gasteiger partial charge in [0.15, 0.2) is 0 Å². The molecule has 16 heavy (non-hydrogen) atoms. The summed E-state index contributed by atoms with van der Waals surface area (Å²) in [6.07, 6.45) is 2.29. The molecule has 1 amide bonds. The van der Waals surface area contributed by atoms with Gasteiger partial charge in [-0.3, -0.25) is 4.79 Å². The molecule has 1 saturated heterocycles. The van der Waals surface area contributed by atoms with Gasteiger partial charge in [-0.1, -0.05) is 0 Å². The number of nitrogens with zero attached hydrogens (tertiary/aromatic N) is 1. The third-order valence-corrected chi connectivity index (χ3v) is 3.53. The largest absolute Gasteiger partial charge is 0.393 e. The number of amides is 1. The zero-order valence-electron chi connectivity index (χ0n) is 9.11. The van der Waals surface area contributed by atoms with Crippen molar-refractivity contribution in [1.29, 1.82) is 0 Å². The number of carbonyl (C=O) groups excluding carboxylic acids is 1. The smallest absolute Gasteiger partial charge is 0.270 e. The van der Waals surface area contributed by atoms with Gasteiger partial charge >= 0.3 is 0 Å². The summed E-state index contributed by atoms with van der Waals surface area (Å²) in [5.74, 6) is 0.219. The number of H-pyrrole nitrogens is 1. The lowest BCUT2D eigenvalue weighted by Crippen LogP contribution is -2.30. The number of aromatic nitrogens is 1. The van der Waals surface area contributed by atoms with Crippen LogP contribution in [0.15, 0.2) is 16.7 Å². The quantitative estimate of drug-likeness (QED) is 0.868. The predicted molar refractivity (Wildman–Crippen MR) is 64.2 cm³/mol. The van der Waals surface area contributed by atoms with E-state index in [1.54, 1.807) is 24.1 Å². The van der Waals surface area contributed by atoms with Gasteiger partial charge < -0.3 is 15.0 Å². The topological polar surface area (TPSA) is 56.3 Å². The molecule has 2 N–H and O–H groups in total. The van der Waals surface area contributed by atoms with Crippen LogP contribution in [0.1, 0.15) is 23.8 Å².